The molecule has 0 bridgehead atoms. The van der Waals surface area contributed by atoms with E-state index in [1.165, 1.54) is 25.3 Å². The van der Waals surface area contributed by atoms with Crippen molar-refractivity contribution < 1.29 is 18.7 Å². The second kappa shape index (κ2) is 11.5. The van der Waals surface area contributed by atoms with Crippen molar-refractivity contribution in [2.75, 3.05) is 44.8 Å². The molecule has 3 aliphatic rings. The fourth-order valence-electron chi connectivity index (χ4n) is 5.79. The number of piperidine rings is 1. The molecule has 2 aliphatic heterocycles. The van der Waals surface area contributed by atoms with E-state index in [1.54, 1.807) is 19.2 Å². The van der Waals surface area contributed by atoms with Crippen molar-refractivity contribution in [1.29, 1.82) is 0 Å². The van der Waals surface area contributed by atoms with E-state index in [0.717, 1.165) is 68.8 Å². The largest absolute Gasteiger partial charge is 0.493 e. The zero-order chi connectivity index (χ0) is 24.9. The Morgan fingerprint density at radius 3 is 2.56 bits per heavy atom. The van der Waals surface area contributed by atoms with Crippen LogP contribution in [0.5, 0.6) is 5.75 Å². The molecule has 0 N–H and O–H groups in total. The van der Waals surface area contributed by atoms with Gasteiger partial charge in [-0.05, 0) is 67.9 Å². The Morgan fingerprint density at radius 1 is 1.11 bits per heavy atom. The van der Waals surface area contributed by atoms with Crippen LogP contribution in [0, 0.1) is 23.6 Å². The number of amides is 1. The van der Waals surface area contributed by atoms with E-state index in [2.05, 4.69) is 14.9 Å². The maximum absolute atomic E-state index is 14.5. The van der Waals surface area contributed by atoms with Crippen molar-refractivity contribution in [2.24, 2.45) is 17.8 Å². The number of anilines is 1. The summed E-state index contributed by atoms with van der Waals surface area (Å²) >= 11 is 0. The third kappa shape index (κ3) is 6.14. The first-order chi connectivity index (χ1) is 17.6. The molecule has 1 amide bonds. The first kappa shape index (κ1) is 24.9. The molecule has 1 aliphatic carbocycles. The molecule has 1 aromatic heterocycles. The molecule has 2 saturated heterocycles. The average Bonchev–Trinajstić information content (AvgIpc) is 3.44. The van der Waals surface area contributed by atoms with Crippen molar-refractivity contribution in [3.8, 4) is 5.75 Å². The Bertz CT molecular complexity index is 1020. The summed E-state index contributed by atoms with van der Waals surface area (Å²) in [6.07, 6.45) is 10.5. The van der Waals surface area contributed by atoms with Crippen molar-refractivity contribution in [2.45, 2.75) is 51.6 Å². The van der Waals surface area contributed by atoms with Crippen LogP contribution in [0.25, 0.3) is 0 Å². The number of halogens is 1. The Hall–Kier alpha value is -2.74. The topological polar surface area (TPSA) is 67.8 Å². The van der Waals surface area contributed by atoms with E-state index >= 15 is 0 Å². The Morgan fingerprint density at radius 2 is 1.86 bits per heavy atom. The number of benzene rings is 1. The number of aromatic nitrogens is 2. The van der Waals surface area contributed by atoms with E-state index in [4.69, 9.17) is 9.47 Å². The molecule has 0 radical (unpaired) electrons. The predicted octanol–water partition coefficient (Wildman–Crippen LogP) is 4.25. The molecule has 1 aromatic carbocycles. The number of likely N-dealkylation sites (tertiary alicyclic amines) is 1. The third-order valence-electron chi connectivity index (χ3n) is 7.99. The van der Waals surface area contributed by atoms with Crippen molar-refractivity contribution >= 4 is 11.9 Å². The summed E-state index contributed by atoms with van der Waals surface area (Å²) in [4.78, 5) is 25.4. The van der Waals surface area contributed by atoms with Crippen LogP contribution in [0.15, 0.2) is 30.6 Å². The zero-order valence-electron chi connectivity index (χ0n) is 21.2. The van der Waals surface area contributed by atoms with Gasteiger partial charge in [-0.1, -0.05) is 6.07 Å². The highest BCUT2D eigenvalue weighted by atomic mass is 19.1. The number of carbonyl (C=O) groups excluding carboxylic acids is 1. The average molecular weight is 497 g/mol. The molecule has 2 aromatic rings. The summed E-state index contributed by atoms with van der Waals surface area (Å²) in [7, 11) is 1.67. The lowest BCUT2D eigenvalue weighted by Crippen LogP contribution is -2.35. The molecule has 36 heavy (non-hydrogen) atoms. The zero-order valence-corrected chi connectivity index (χ0v) is 21.2. The van der Waals surface area contributed by atoms with Gasteiger partial charge in [-0.3, -0.25) is 4.79 Å². The summed E-state index contributed by atoms with van der Waals surface area (Å²) in [6.45, 7) is 4.73. The van der Waals surface area contributed by atoms with Crippen LogP contribution in [-0.2, 0) is 22.6 Å². The molecule has 2 atom stereocenters. The van der Waals surface area contributed by atoms with Gasteiger partial charge < -0.3 is 19.3 Å². The second-order valence-corrected chi connectivity index (χ2v) is 10.5. The number of ether oxygens (including phenoxy) is 2. The Labute approximate surface area is 213 Å². The first-order valence-corrected chi connectivity index (χ1v) is 13.3. The molecule has 3 fully saturated rings. The van der Waals surface area contributed by atoms with E-state index in [9.17, 15) is 9.18 Å². The Balaban J connectivity index is 1.01. The van der Waals surface area contributed by atoms with Crippen LogP contribution in [0.3, 0.4) is 0 Å². The normalized spacial score (nSPS) is 22.2. The lowest BCUT2D eigenvalue weighted by Gasteiger charge is -2.32. The molecule has 3 heterocycles. The lowest BCUT2D eigenvalue weighted by molar-refractivity contribution is -0.129. The predicted molar refractivity (Wildman–Crippen MR) is 135 cm³/mol. The first-order valence-electron chi connectivity index (χ1n) is 13.3. The van der Waals surface area contributed by atoms with Gasteiger partial charge in [0.2, 0.25) is 11.9 Å². The van der Waals surface area contributed by atoms with Gasteiger partial charge in [0.1, 0.15) is 11.6 Å². The molecule has 7 nitrogen and oxygen atoms in total. The van der Waals surface area contributed by atoms with Gasteiger partial charge >= 0.3 is 0 Å². The van der Waals surface area contributed by atoms with E-state index in [-0.39, 0.29) is 18.1 Å². The highest BCUT2D eigenvalue weighted by Gasteiger charge is 2.43. The maximum atomic E-state index is 14.5. The van der Waals surface area contributed by atoms with Crippen molar-refractivity contribution in [3.63, 3.8) is 0 Å². The van der Waals surface area contributed by atoms with E-state index in [1.807, 2.05) is 17.3 Å². The SMILES string of the molecule is COCc1cnc(N2CCC([C@@H]3C[C@@H]3CCOc3ccc(CC(=O)N4CCCC4)c(F)c3)CC2)nc1. The maximum Gasteiger partial charge on any atom is 0.227 e. The second-order valence-electron chi connectivity index (χ2n) is 10.5. The smallest absolute Gasteiger partial charge is 0.227 e. The van der Waals surface area contributed by atoms with Gasteiger partial charge in [-0.15, -0.1) is 0 Å². The standard InChI is InChI=1S/C28H37FN4O3/c1-35-19-20-17-30-28(31-18-20)33-11-6-21(7-12-33)25-14-22(25)8-13-36-24-5-4-23(26(29)16-24)15-27(34)32-9-2-3-10-32/h4-5,16-18,21-22,25H,2-3,6-15,19H2,1H3/t22-,25-/m0/s1. The lowest BCUT2D eigenvalue weighted by atomic mass is 9.90. The molecule has 8 heteroatoms. The van der Waals surface area contributed by atoms with Crippen LogP contribution < -0.4 is 9.64 Å². The highest BCUT2D eigenvalue weighted by Crippen LogP contribution is 2.49. The van der Waals surface area contributed by atoms with Gasteiger partial charge in [-0.25, -0.2) is 14.4 Å². The van der Waals surface area contributed by atoms with Crippen LogP contribution in [0.1, 0.15) is 49.7 Å². The molecule has 1 saturated carbocycles. The summed E-state index contributed by atoms with van der Waals surface area (Å²) in [6, 6.07) is 4.91. The van der Waals surface area contributed by atoms with Crippen LogP contribution in [0.4, 0.5) is 10.3 Å². The van der Waals surface area contributed by atoms with Gasteiger partial charge in [0, 0.05) is 57.3 Å². The number of methoxy groups -OCH3 is 1. The number of rotatable bonds is 10. The quantitative estimate of drug-likeness (QED) is 0.490. The summed E-state index contributed by atoms with van der Waals surface area (Å²) in [5.74, 6) is 3.25. The summed E-state index contributed by atoms with van der Waals surface area (Å²) in [5.41, 5.74) is 1.44. The number of hydrogen-bond donors (Lipinski definition) is 0. The minimum absolute atomic E-state index is 0.0122. The molecular weight excluding hydrogens is 459 g/mol. The van der Waals surface area contributed by atoms with E-state index in [0.29, 0.717) is 30.4 Å². The van der Waals surface area contributed by atoms with Crippen molar-refractivity contribution in [1.82, 2.24) is 14.9 Å². The monoisotopic (exact) mass is 496 g/mol. The van der Waals surface area contributed by atoms with Gasteiger partial charge in [0.05, 0.1) is 19.6 Å². The van der Waals surface area contributed by atoms with E-state index < -0.39 is 0 Å². The van der Waals surface area contributed by atoms with Gasteiger partial charge in [-0.2, -0.15) is 0 Å². The number of hydrogen-bond acceptors (Lipinski definition) is 6. The van der Waals surface area contributed by atoms with Gasteiger partial charge in [0.15, 0.2) is 0 Å². The summed E-state index contributed by atoms with van der Waals surface area (Å²) < 4.78 is 25.5. The molecular formula is C28H37FN4O3. The van der Waals surface area contributed by atoms with Gasteiger partial charge in [0.25, 0.3) is 0 Å². The van der Waals surface area contributed by atoms with Crippen molar-refractivity contribution in [3.05, 3.63) is 47.5 Å². The van der Waals surface area contributed by atoms with Crippen LogP contribution in [-0.4, -0.2) is 60.7 Å². The molecule has 194 valence electrons. The minimum Gasteiger partial charge on any atom is -0.493 e. The third-order valence-corrected chi connectivity index (χ3v) is 7.99. The highest BCUT2D eigenvalue weighted by molar-refractivity contribution is 5.79. The minimum atomic E-state index is -0.353. The number of carbonyl (C=O) groups is 1. The molecule has 0 spiro atoms. The molecule has 0 unspecified atom stereocenters. The van der Waals surface area contributed by atoms with Crippen LogP contribution >= 0.6 is 0 Å². The summed E-state index contributed by atoms with van der Waals surface area (Å²) in [5, 5.41) is 0. The Kier molecular flexibility index (Phi) is 7.99. The fraction of sp³-hybridized carbons (Fsp3) is 0.607. The number of nitrogens with zero attached hydrogens (tertiary/aromatic N) is 4. The fourth-order valence-corrected chi connectivity index (χ4v) is 5.79. The molecule has 5 rings (SSSR count). The van der Waals surface area contributed by atoms with Crippen LogP contribution in [0.2, 0.25) is 0 Å².